The summed E-state index contributed by atoms with van der Waals surface area (Å²) >= 11 is 0. The van der Waals surface area contributed by atoms with Crippen molar-refractivity contribution in [1.82, 2.24) is 15.2 Å². The van der Waals surface area contributed by atoms with Crippen molar-refractivity contribution in [2.45, 2.75) is 32.6 Å². The van der Waals surface area contributed by atoms with Gasteiger partial charge >= 0.3 is 0 Å². The Morgan fingerprint density at radius 1 is 1.57 bits per heavy atom. The number of H-pyrrole nitrogens is 1. The Morgan fingerprint density at radius 3 is 2.79 bits per heavy atom. The normalized spacial score (nSPS) is 18.9. The molecule has 2 rings (SSSR count). The van der Waals surface area contributed by atoms with Crippen molar-refractivity contribution in [3.05, 3.63) is 0 Å². The van der Waals surface area contributed by atoms with E-state index in [4.69, 9.17) is 5.73 Å². The standard InChI is InChI=1S/C9H17N5/c1-2-9(4-3-5-9)6-11-8-12-7(10)13-14-8/h2-6H2,1H3,(H4,10,11,12,13,14). The first-order valence-corrected chi connectivity index (χ1v) is 5.16. The molecule has 0 bridgehead atoms. The molecule has 0 atom stereocenters. The fourth-order valence-corrected chi connectivity index (χ4v) is 1.95. The average Bonchev–Trinajstić information content (AvgIpc) is 2.50. The first kappa shape index (κ1) is 9.30. The zero-order valence-corrected chi connectivity index (χ0v) is 8.51. The molecule has 5 nitrogen and oxygen atoms in total. The Labute approximate surface area is 83.5 Å². The second-order valence-corrected chi connectivity index (χ2v) is 4.10. The van der Waals surface area contributed by atoms with Crippen LogP contribution in [0.3, 0.4) is 0 Å². The molecular formula is C9H17N5. The zero-order chi connectivity index (χ0) is 10.0. The molecule has 14 heavy (non-hydrogen) atoms. The lowest BCUT2D eigenvalue weighted by Gasteiger charge is -2.41. The third-order valence-corrected chi connectivity index (χ3v) is 3.29. The molecule has 1 saturated carbocycles. The number of aromatic nitrogens is 3. The number of aromatic amines is 1. The van der Waals surface area contributed by atoms with E-state index in [0.717, 1.165) is 6.54 Å². The van der Waals surface area contributed by atoms with Crippen LogP contribution in [-0.2, 0) is 0 Å². The highest BCUT2D eigenvalue weighted by molar-refractivity contribution is 5.30. The van der Waals surface area contributed by atoms with Gasteiger partial charge in [0.25, 0.3) is 0 Å². The van der Waals surface area contributed by atoms with Crippen LogP contribution in [0.1, 0.15) is 32.6 Å². The minimum atomic E-state index is 0.367. The number of nitrogen functional groups attached to an aromatic ring is 1. The van der Waals surface area contributed by atoms with Crippen LogP contribution < -0.4 is 11.1 Å². The van der Waals surface area contributed by atoms with E-state index in [0.29, 0.717) is 17.3 Å². The van der Waals surface area contributed by atoms with Gasteiger partial charge in [0.15, 0.2) is 0 Å². The summed E-state index contributed by atoms with van der Waals surface area (Å²) in [5, 5.41) is 9.78. The Hall–Kier alpha value is -1.26. The smallest absolute Gasteiger partial charge is 0.243 e. The summed E-state index contributed by atoms with van der Waals surface area (Å²) in [6, 6.07) is 0. The van der Waals surface area contributed by atoms with Crippen molar-refractivity contribution in [2.24, 2.45) is 5.41 Å². The van der Waals surface area contributed by atoms with Gasteiger partial charge in [-0.05, 0) is 24.7 Å². The number of anilines is 2. The van der Waals surface area contributed by atoms with Gasteiger partial charge in [0, 0.05) is 6.54 Å². The lowest BCUT2D eigenvalue weighted by Crippen LogP contribution is -2.36. The van der Waals surface area contributed by atoms with Gasteiger partial charge in [0.2, 0.25) is 11.9 Å². The topological polar surface area (TPSA) is 79.6 Å². The van der Waals surface area contributed by atoms with Gasteiger partial charge in [0.1, 0.15) is 0 Å². The van der Waals surface area contributed by atoms with Crippen LogP contribution >= 0.6 is 0 Å². The number of nitrogens with two attached hydrogens (primary N) is 1. The van der Waals surface area contributed by atoms with Gasteiger partial charge in [-0.25, -0.2) is 5.10 Å². The van der Waals surface area contributed by atoms with E-state index in [1.807, 2.05) is 0 Å². The molecule has 0 saturated heterocycles. The minimum Gasteiger partial charge on any atom is -0.368 e. The molecule has 0 aromatic carbocycles. The third-order valence-electron chi connectivity index (χ3n) is 3.29. The Morgan fingerprint density at radius 2 is 2.36 bits per heavy atom. The molecule has 1 heterocycles. The van der Waals surface area contributed by atoms with Crippen LogP contribution in [0.25, 0.3) is 0 Å². The first-order valence-electron chi connectivity index (χ1n) is 5.16. The molecule has 1 fully saturated rings. The molecule has 0 unspecified atom stereocenters. The Bertz CT molecular complexity index is 296. The van der Waals surface area contributed by atoms with Crippen molar-refractivity contribution in [1.29, 1.82) is 0 Å². The summed E-state index contributed by atoms with van der Waals surface area (Å²) in [5.74, 6) is 0.980. The molecule has 0 amide bonds. The van der Waals surface area contributed by atoms with E-state index in [9.17, 15) is 0 Å². The maximum atomic E-state index is 5.43. The van der Waals surface area contributed by atoms with Crippen molar-refractivity contribution in [3.8, 4) is 0 Å². The van der Waals surface area contributed by atoms with E-state index < -0.39 is 0 Å². The lowest BCUT2D eigenvalue weighted by atomic mass is 9.67. The predicted molar refractivity (Wildman–Crippen MR) is 55.9 cm³/mol. The highest BCUT2D eigenvalue weighted by atomic mass is 15.3. The third kappa shape index (κ3) is 1.66. The predicted octanol–water partition coefficient (Wildman–Crippen LogP) is 1.38. The molecule has 1 aromatic heterocycles. The van der Waals surface area contributed by atoms with Gasteiger partial charge in [0.05, 0.1) is 0 Å². The van der Waals surface area contributed by atoms with Crippen molar-refractivity contribution in [2.75, 3.05) is 17.6 Å². The summed E-state index contributed by atoms with van der Waals surface area (Å²) in [5.41, 5.74) is 5.91. The summed E-state index contributed by atoms with van der Waals surface area (Å²) < 4.78 is 0. The van der Waals surface area contributed by atoms with Gasteiger partial charge in [-0.15, -0.1) is 5.10 Å². The van der Waals surface area contributed by atoms with E-state index in [-0.39, 0.29) is 0 Å². The van der Waals surface area contributed by atoms with E-state index >= 15 is 0 Å². The molecule has 1 aliphatic carbocycles. The van der Waals surface area contributed by atoms with Crippen molar-refractivity contribution < 1.29 is 0 Å². The van der Waals surface area contributed by atoms with E-state index in [1.54, 1.807) is 0 Å². The highest BCUT2D eigenvalue weighted by Gasteiger charge is 2.34. The van der Waals surface area contributed by atoms with Crippen LogP contribution in [0.4, 0.5) is 11.9 Å². The molecule has 0 spiro atoms. The van der Waals surface area contributed by atoms with Crippen LogP contribution in [0.15, 0.2) is 0 Å². The summed E-state index contributed by atoms with van der Waals surface area (Å²) in [7, 11) is 0. The molecule has 4 N–H and O–H groups in total. The Kier molecular flexibility index (Phi) is 2.31. The van der Waals surface area contributed by atoms with Gasteiger partial charge in [-0.3, -0.25) is 0 Å². The molecule has 1 aromatic rings. The number of nitrogens with one attached hydrogen (secondary N) is 2. The fourth-order valence-electron chi connectivity index (χ4n) is 1.95. The number of hydrogen-bond acceptors (Lipinski definition) is 4. The number of hydrogen-bond donors (Lipinski definition) is 3. The zero-order valence-electron chi connectivity index (χ0n) is 8.51. The van der Waals surface area contributed by atoms with Crippen molar-refractivity contribution in [3.63, 3.8) is 0 Å². The maximum Gasteiger partial charge on any atom is 0.243 e. The Balaban J connectivity index is 1.87. The van der Waals surface area contributed by atoms with Crippen LogP contribution in [0, 0.1) is 5.41 Å². The highest BCUT2D eigenvalue weighted by Crippen LogP contribution is 2.43. The number of rotatable bonds is 4. The van der Waals surface area contributed by atoms with Gasteiger partial charge in [-0.2, -0.15) is 4.98 Å². The van der Waals surface area contributed by atoms with Crippen LogP contribution in [-0.4, -0.2) is 21.7 Å². The first-order chi connectivity index (χ1) is 6.74. The molecular weight excluding hydrogens is 178 g/mol. The maximum absolute atomic E-state index is 5.43. The quantitative estimate of drug-likeness (QED) is 0.678. The number of nitrogens with zero attached hydrogens (tertiary/aromatic N) is 2. The minimum absolute atomic E-state index is 0.367. The summed E-state index contributed by atoms with van der Waals surface area (Å²) in [6.45, 7) is 3.20. The molecule has 0 aliphatic heterocycles. The van der Waals surface area contributed by atoms with Crippen LogP contribution in [0.2, 0.25) is 0 Å². The summed E-state index contributed by atoms with van der Waals surface area (Å²) in [4.78, 5) is 4.01. The van der Waals surface area contributed by atoms with Crippen LogP contribution in [0.5, 0.6) is 0 Å². The van der Waals surface area contributed by atoms with Gasteiger partial charge in [-0.1, -0.05) is 13.3 Å². The monoisotopic (exact) mass is 195 g/mol. The van der Waals surface area contributed by atoms with E-state index in [1.165, 1.54) is 25.7 Å². The van der Waals surface area contributed by atoms with Gasteiger partial charge < -0.3 is 11.1 Å². The largest absolute Gasteiger partial charge is 0.368 e. The molecule has 5 heteroatoms. The lowest BCUT2D eigenvalue weighted by molar-refractivity contribution is 0.144. The summed E-state index contributed by atoms with van der Waals surface area (Å²) in [6.07, 6.45) is 5.21. The molecule has 78 valence electrons. The van der Waals surface area contributed by atoms with E-state index in [2.05, 4.69) is 27.4 Å². The molecule has 1 aliphatic rings. The average molecular weight is 195 g/mol. The fraction of sp³-hybridized carbons (Fsp3) is 0.778. The second kappa shape index (κ2) is 3.48. The van der Waals surface area contributed by atoms with Crippen molar-refractivity contribution >= 4 is 11.9 Å². The second-order valence-electron chi connectivity index (χ2n) is 4.10. The SMILES string of the molecule is CCC1(CNc2n[nH]c(N)n2)CCC1. The molecule has 0 radical (unpaired) electrons.